The Morgan fingerprint density at radius 2 is 2.33 bits per heavy atom. The lowest BCUT2D eigenvalue weighted by atomic mass is 10.1. The van der Waals surface area contributed by atoms with Gasteiger partial charge in [-0.2, -0.15) is 0 Å². The first-order chi connectivity index (χ1) is 10.1. The molecule has 0 aliphatic carbocycles. The molecule has 1 unspecified atom stereocenters. The maximum Gasteiger partial charge on any atom is 0.407 e. The van der Waals surface area contributed by atoms with Crippen molar-refractivity contribution in [2.45, 2.75) is 26.5 Å². The van der Waals surface area contributed by atoms with Gasteiger partial charge in [0.25, 0.3) is 0 Å². The molecule has 2 N–H and O–H groups in total. The third kappa shape index (κ3) is 4.79. The molecule has 0 radical (unpaired) electrons. The van der Waals surface area contributed by atoms with Crippen molar-refractivity contribution in [3.05, 3.63) is 28.8 Å². The smallest absolute Gasteiger partial charge is 0.407 e. The topological polar surface area (TPSA) is 59.6 Å². The third-order valence-electron chi connectivity index (χ3n) is 3.08. The van der Waals surface area contributed by atoms with Crippen LogP contribution in [0.1, 0.15) is 19.4 Å². The Morgan fingerprint density at radius 1 is 1.52 bits per heavy atom. The summed E-state index contributed by atoms with van der Waals surface area (Å²) in [5, 5.41) is 6.53. The van der Waals surface area contributed by atoms with E-state index >= 15 is 0 Å². The molecule has 5 nitrogen and oxygen atoms in total. The van der Waals surface area contributed by atoms with Crippen LogP contribution >= 0.6 is 11.6 Å². The van der Waals surface area contributed by atoms with Crippen LogP contribution in [0.5, 0.6) is 5.75 Å². The lowest BCUT2D eigenvalue weighted by Gasteiger charge is -2.16. The Kier molecular flexibility index (Phi) is 5.70. The van der Waals surface area contributed by atoms with Gasteiger partial charge in [0.05, 0.1) is 11.6 Å². The van der Waals surface area contributed by atoms with Crippen molar-refractivity contribution in [1.82, 2.24) is 10.6 Å². The van der Waals surface area contributed by atoms with Crippen LogP contribution in [0.25, 0.3) is 0 Å². The molecular weight excluding hydrogens is 292 g/mol. The highest BCUT2D eigenvalue weighted by Gasteiger charge is 2.23. The van der Waals surface area contributed by atoms with Crippen molar-refractivity contribution in [1.29, 1.82) is 0 Å². The first-order valence-electron chi connectivity index (χ1n) is 7.11. The number of alkyl carbamates (subject to hydrolysis) is 1. The van der Waals surface area contributed by atoms with E-state index < -0.39 is 6.09 Å². The summed E-state index contributed by atoms with van der Waals surface area (Å²) in [6.45, 7) is 6.68. The number of halogens is 1. The van der Waals surface area contributed by atoms with Gasteiger partial charge in [0, 0.05) is 12.1 Å². The molecule has 0 spiro atoms. The van der Waals surface area contributed by atoms with E-state index in [1.54, 1.807) is 6.07 Å². The normalized spacial score (nSPS) is 17.7. The SMILES string of the molecule is CC(C)CNCc1cccc(Cl)c1OCC1CNC(=O)O1. The molecule has 1 aliphatic heterocycles. The van der Waals surface area contributed by atoms with Gasteiger partial charge in [0.2, 0.25) is 0 Å². The first-order valence-corrected chi connectivity index (χ1v) is 7.49. The number of hydrogen-bond donors (Lipinski definition) is 2. The van der Waals surface area contributed by atoms with Crippen molar-refractivity contribution in [3.63, 3.8) is 0 Å². The predicted molar refractivity (Wildman–Crippen MR) is 81.8 cm³/mol. The van der Waals surface area contributed by atoms with Crippen molar-refractivity contribution in [2.75, 3.05) is 19.7 Å². The highest BCUT2D eigenvalue weighted by molar-refractivity contribution is 6.32. The molecule has 1 heterocycles. The highest BCUT2D eigenvalue weighted by atomic mass is 35.5. The summed E-state index contributed by atoms with van der Waals surface area (Å²) in [5.41, 5.74) is 1.00. The molecule has 2 rings (SSSR count). The lowest BCUT2D eigenvalue weighted by Crippen LogP contribution is -2.23. The predicted octanol–water partition coefficient (Wildman–Crippen LogP) is 2.57. The number of rotatable bonds is 7. The van der Waals surface area contributed by atoms with Gasteiger partial charge in [0.1, 0.15) is 12.4 Å². The van der Waals surface area contributed by atoms with Crippen LogP contribution in [0.3, 0.4) is 0 Å². The first kappa shape index (κ1) is 15.9. The number of carbonyl (C=O) groups is 1. The van der Waals surface area contributed by atoms with Crippen LogP contribution in [0.15, 0.2) is 18.2 Å². The molecule has 1 amide bonds. The third-order valence-corrected chi connectivity index (χ3v) is 3.38. The second-order valence-corrected chi connectivity index (χ2v) is 5.88. The zero-order valence-corrected chi connectivity index (χ0v) is 13.1. The Hall–Kier alpha value is -1.46. The summed E-state index contributed by atoms with van der Waals surface area (Å²) in [6, 6.07) is 5.67. The van der Waals surface area contributed by atoms with Gasteiger partial charge in [-0.15, -0.1) is 0 Å². The molecule has 1 fully saturated rings. The van der Waals surface area contributed by atoms with Gasteiger partial charge in [0.15, 0.2) is 6.10 Å². The second kappa shape index (κ2) is 7.52. The van der Waals surface area contributed by atoms with Crippen molar-refractivity contribution >= 4 is 17.7 Å². The molecule has 0 bridgehead atoms. The standard InChI is InChI=1S/C15H21ClN2O3/c1-10(2)6-17-7-11-4-3-5-13(16)14(11)20-9-12-8-18-15(19)21-12/h3-5,10,12,17H,6-9H2,1-2H3,(H,18,19). The molecule has 116 valence electrons. The van der Waals surface area contributed by atoms with Gasteiger partial charge in [-0.05, 0) is 18.5 Å². The van der Waals surface area contributed by atoms with E-state index in [0.29, 0.717) is 36.4 Å². The Bertz CT molecular complexity index is 494. The maximum atomic E-state index is 11.0. The van der Waals surface area contributed by atoms with Gasteiger partial charge in [-0.25, -0.2) is 4.79 Å². The quantitative estimate of drug-likeness (QED) is 0.812. The van der Waals surface area contributed by atoms with E-state index in [9.17, 15) is 4.79 Å². The fourth-order valence-corrected chi connectivity index (χ4v) is 2.30. The summed E-state index contributed by atoms with van der Waals surface area (Å²) in [7, 11) is 0. The van der Waals surface area contributed by atoms with Gasteiger partial charge < -0.3 is 20.1 Å². The van der Waals surface area contributed by atoms with E-state index in [2.05, 4.69) is 24.5 Å². The minimum Gasteiger partial charge on any atom is -0.488 e. The Morgan fingerprint density at radius 3 is 3.00 bits per heavy atom. The van der Waals surface area contributed by atoms with Crippen LogP contribution < -0.4 is 15.4 Å². The summed E-state index contributed by atoms with van der Waals surface area (Å²) in [4.78, 5) is 11.0. The van der Waals surface area contributed by atoms with Crippen LogP contribution in [-0.2, 0) is 11.3 Å². The van der Waals surface area contributed by atoms with Gasteiger partial charge in [-0.1, -0.05) is 37.6 Å². The fraction of sp³-hybridized carbons (Fsp3) is 0.533. The minimum absolute atomic E-state index is 0.273. The maximum absolute atomic E-state index is 11.0. The molecule has 1 aliphatic rings. The molecule has 1 atom stereocenters. The Labute approximate surface area is 130 Å². The van der Waals surface area contributed by atoms with Crippen LogP contribution in [-0.4, -0.2) is 31.9 Å². The number of carbonyl (C=O) groups excluding carboxylic acids is 1. The van der Waals surface area contributed by atoms with E-state index in [1.807, 2.05) is 12.1 Å². The van der Waals surface area contributed by atoms with Crippen LogP contribution in [0.4, 0.5) is 4.79 Å². The second-order valence-electron chi connectivity index (χ2n) is 5.47. The van der Waals surface area contributed by atoms with Crippen LogP contribution in [0.2, 0.25) is 5.02 Å². The molecule has 21 heavy (non-hydrogen) atoms. The van der Waals surface area contributed by atoms with Gasteiger partial charge in [-0.3, -0.25) is 0 Å². The van der Waals surface area contributed by atoms with E-state index in [-0.39, 0.29) is 6.10 Å². The number of amides is 1. The molecule has 0 aromatic heterocycles. The molecule has 1 saturated heterocycles. The fourth-order valence-electron chi connectivity index (χ4n) is 2.05. The average molecular weight is 313 g/mol. The zero-order valence-electron chi connectivity index (χ0n) is 12.3. The number of benzene rings is 1. The van der Waals surface area contributed by atoms with E-state index in [4.69, 9.17) is 21.1 Å². The highest BCUT2D eigenvalue weighted by Crippen LogP contribution is 2.29. The summed E-state index contributed by atoms with van der Waals surface area (Å²) in [6.07, 6.45) is -0.674. The number of cyclic esters (lactones) is 1. The van der Waals surface area contributed by atoms with Crippen molar-refractivity contribution in [2.24, 2.45) is 5.92 Å². The Balaban J connectivity index is 1.94. The van der Waals surface area contributed by atoms with E-state index in [1.165, 1.54) is 0 Å². The van der Waals surface area contributed by atoms with Crippen molar-refractivity contribution < 1.29 is 14.3 Å². The summed E-state index contributed by atoms with van der Waals surface area (Å²) < 4.78 is 10.8. The number of nitrogens with one attached hydrogen (secondary N) is 2. The van der Waals surface area contributed by atoms with Crippen LogP contribution in [0, 0.1) is 5.92 Å². The average Bonchev–Trinajstić information content (AvgIpc) is 2.83. The van der Waals surface area contributed by atoms with Crippen molar-refractivity contribution in [3.8, 4) is 5.75 Å². The lowest BCUT2D eigenvalue weighted by molar-refractivity contribution is 0.104. The summed E-state index contributed by atoms with van der Waals surface area (Å²) in [5.74, 6) is 1.23. The number of para-hydroxylation sites is 1. The molecular formula is C15H21ClN2O3. The monoisotopic (exact) mass is 312 g/mol. The summed E-state index contributed by atoms with van der Waals surface area (Å²) >= 11 is 6.21. The zero-order chi connectivity index (χ0) is 15.2. The van der Waals surface area contributed by atoms with Gasteiger partial charge >= 0.3 is 6.09 Å². The molecule has 1 aromatic rings. The number of hydrogen-bond acceptors (Lipinski definition) is 4. The van der Waals surface area contributed by atoms with E-state index in [0.717, 1.165) is 12.1 Å². The largest absolute Gasteiger partial charge is 0.488 e. The molecule has 0 saturated carbocycles. The number of ether oxygens (including phenoxy) is 2. The molecule has 1 aromatic carbocycles. The minimum atomic E-state index is -0.401. The molecule has 6 heteroatoms.